The minimum absolute atomic E-state index is 0.369. The van der Waals surface area contributed by atoms with Gasteiger partial charge in [-0.25, -0.2) is 9.18 Å². The topological polar surface area (TPSA) is 78.3 Å². The van der Waals surface area contributed by atoms with Crippen LogP contribution in [-0.4, -0.2) is 10.1 Å². The molecule has 5 nitrogen and oxygen atoms in total. The maximum Gasteiger partial charge on any atom is 0.417 e. The molecule has 102 valence electrons. The fourth-order valence-corrected chi connectivity index (χ4v) is 1.93. The second kappa shape index (κ2) is 4.73. The zero-order valence-electron chi connectivity index (χ0n) is 10.3. The van der Waals surface area contributed by atoms with E-state index in [1.165, 1.54) is 12.1 Å². The first-order valence-corrected chi connectivity index (χ1v) is 5.96. The Labute approximate surface area is 112 Å². The van der Waals surface area contributed by atoms with Gasteiger partial charge in [-0.2, -0.15) is 0 Å². The van der Waals surface area contributed by atoms with Crippen LogP contribution < -0.4 is 11.1 Å². The molecule has 0 amide bonds. The van der Waals surface area contributed by atoms with E-state index in [1.807, 2.05) is 0 Å². The second-order valence-electron chi connectivity index (χ2n) is 4.36. The van der Waals surface area contributed by atoms with Gasteiger partial charge in [-0.3, -0.25) is 4.98 Å². The van der Waals surface area contributed by atoms with Gasteiger partial charge >= 0.3 is 5.76 Å². The molecule has 0 unspecified atom stereocenters. The Balaban J connectivity index is 1.78. The van der Waals surface area contributed by atoms with Gasteiger partial charge in [0.05, 0.1) is 5.52 Å². The van der Waals surface area contributed by atoms with Crippen LogP contribution in [0, 0.1) is 5.82 Å². The predicted molar refractivity (Wildman–Crippen MR) is 72.2 cm³/mol. The molecule has 0 aliphatic carbocycles. The molecule has 2 aromatic carbocycles. The van der Waals surface area contributed by atoms with Crippen molar-refractivity contribution >= 4 is 16.8 Å². The van der Waals surface area contributed by atoms with Crippen molar-refractivity contribution in [3.05, 3.63) is 58.3 Å². The standard InChI is InChI=1S/C14H11FN2O3/c15-10-5-8(1-3-12(10)18)7-16-9-2-4-13-11(6-9)17-14(19)20-13/h1-6,16,18H,7H2,(H,17,19). The summed E-state index contributed by atoms with van der Waals surface area (Å²) < 4.78 is 18.1. The molecule has 0 saturated carbocycles. The van der Waals surface area contributed by atoms with E-state index in [4.69, 9.17) is 9.52 Å². The van der Waals surface area contributed by atoms with Gasteiger partial charge < -0.3 is 14.8 Å². The van der Waals surface area contributed by atoms with Crippen molar-refractivity contribution in [2.45, 2.75) is 6.54 Å². The van der Waals surface area contributed by atoms with Gasteiger partial charge in [-0.1, -0.05) is 6.07 Å². The summed E-state index contributed by atoms with van der Waals surface area (Å²) in [7, 11) is 0. The maximum absolute atomic E-state index is 13.2. The van der Waals surface area contributed by atoms with Crippen LogP contribution >= 0.6 is 0 Å². The van der Waals surface area contributed by atoms with Crippen molar-refractivity contribution in [3.63, 3.8) is 0 Å². The van der Waals surface area contributed by atoms with Crippen molar-refractivity contribution in [1.82, 2.24) is 4.98 Å². The molecular formula is C14H11FN2O3. The number of halogens is 1. The Kier molecular flexibility index (Phi) is 2.90. The molecule has 0 aliphatic heterocycles. The average molecular weight is 274 g/mol. The van der Waals surface area contributed by atoms with Crippen LogP contribution in [0.3, 0.4) is 0 Å². The number of rotatable bonds is 3. The van der Waals surface area contributed by atoms with Crippen LogP contribution in [0.25, 0.3) is 11.1 Å². The lowest BCUT2D eigenvalue weighted by molar-refractivity contribution is 0.432. The molecule has 0 saturated heterocycles. The number of fused-ring (bicyclic) bond motifs is 1. The van der Waals surface area contributed by atoms with E-state index in [0.717, 1.165) is 5.69 Å². The Bertz CT molecular complexity index is 823. The first-order valence-electron chi connectivity index (χ1n) is 5.96. The first-order chi connectivity index (χ1) is 9.61. The Morgan fingerprint density at radius 1 is 1.25 bits per heavy atom. The number of H-pyrrole nitrogens is 1. The van der Waals surface area contributed by atoms with Crippen LogP contribution in [0.2, 0.25) is 0 Å². The molecule has 20 heavy (non-hydrogen) atoms. The number of anilines is 1. The molecule has 3 aromatic rings. The molecule has 1 heterocycles. The van der Waals surface area contributed by atoms with Gasteiger partial charge in [0.15, 0.2) is 17.1 Å². The van der Waals surface area contributed by atoms with Crippen LogP contribution in [0.4, 0.5) is 10.1 Å². The number of hydrogen-bond donors (Lipinski definition) is 3. The molecule has 0 aliphatic rings. The number of phenolic OH excluding ortho intramolecular Hbond substituents is 1. The van der Waals surface area contributed by atoms with Crippen molar-refractivity contribution in [1.29, 1.82) is 0 Å². The number of hydrogen-bond acceptors (Lipinski definition) is 4. The second-order valence-corrected chi connectivity index (χ2v) is 4.36. The fraction of sp³-hybridized carbons (Fsp3) is 0.0714. The number of phenols is 1. The number of nitrogens with one attached hydrogen (secondary N) is 2. The summed E-state index contributed by atoms with van der Waals surface area (Å²) in [5.41, 5.74) is 2.54. The van der Waals surface area contributed by atoms with Gasteiger partial charge in [0, 0.05) is 12.2 Å². The van der Waals surface area contributed by atoms with Crippen LogP contribution in [0.1, 0.15) is 5.56 Å². The average Bonchev–Trinajstić information content (AvgIpc) is 2.79. The van der Waals surface area contributed by atoms with E-state index in [9.17, 15) is 9.18 Å². The van der Waals surface area contributed by atoms with Crippen LogP contribution in [-0.2, 0) is 6.54 Å². The largest absolute Gasteiger partial charge is 0.505 e. The van der Waals surface area contributed by atoms with E-state index >= 15 is 0 Å². The molecule has 1 aromatic heterocycles. The summed E-state index contributed by atoms with van der Waals surface area (Å²) in [4.78, 5) is 13.6. The van der Waals surface area contributed by atoms with E-state index in [0.29, 0.717) is 23.2 Å². The number of aromatic amines is 1. The summed E-state index contributed by atoms with van der Waals surface area (Å²) in [6.07, 6.45) is 0. The van der Waals surface area contributed by atoms with Gasteiger partial charge in [0.2, 0.25) is 0 Å². The van der Waals surface area contributed by atoms with Crippen LogP contribution in [0.15, 0.2) is 45.6 Å². The van der Waals surface area contributed by atoms with Gasteiger partial charge in [0.1, 0.15) is 0 Å². The minimum Gasteiger partial charge on any atom is -0.505 e. The highest BCUT2D eigenvalue weighted by Crippen LogP contribution is 2.19. The highest BCUT2D eigenvalue weighted by molar-refractivity contribution is 5.76. The molecule has 0 radical (unpaired) electrons. The van der Waals surface area contributed by atoms with Gasteiger partial charge in [0.25, 0.3) is 0 Å². The lowest BCUT2D eigenvalue weighted by Gasteiger charge is -2.07. The van der Waals surface area contributed by atoms with E-state index < -0.39 is 11.6 Å². The van der Waals surface area contributed by atoms with E-state index in [-0.39, 0.29) is 5.75 Å². The monoisotopic (exact) mass is 274 g/mol. The Morgan fingerprint density at radius 2 is 2.10 bits per heavy atom. The quantitative estimate of drug-likeness (QED) is 0.686. The molecule has 0 spiro atoms. The van der Waals surface area contributed by atoms with Crippen molar-refractivity contribution in [2.75, 3.05) is 5.32 Å². The molecule has 3 rings (SSSR count). The van der Waals surface area contributed by atoms with Gasteiger partial charge in [-0.05, 0) is 35.9 Å². The zero-order chi connectivity index (χ0) is 14.1. The fourth-order valence-electron chi connectivity index (χ4n) is 1.93. The molecule has 3 N–H and O–H groups in total. The maximum atomic E-state index is 13.2. The highest BCUT2D eigenvalue weighted by Gasteiger charge is 2.04. The molecule has 6 heteroatoms. The van der Waals surface area contributed by atoms with E-state index in [1.54, 1.807) is 24.3 Å². The zero-order valence-corrected chi connectivity index (χ0v) is 10.3. The van der Waals surface area contributed by atoms with Crippen molar-refractivity contribution in [2.24, 2.45) is 0 Å². The van der Waals surface area contributed by atoms with Crippen LogP contribution in [0.5, 0.6) is 5.75 Å². The molecule has 0 bridgehead atoms. The summed E-state index contributed by atoms with van der Waals surface area (Å²) in [6.45, 7) is 0.394. The lowest BCUT2D eigenvalue weighted by atomic mass is 10.2. The molecule has 0 fully saturated rings. The SMILES string of the molecule is O=c1[nH]c2cc(NCc3ccc(O)c(F)c3)ccc2o1. The predicted octanol–water partition coefficient (Wildman–Crippen LogP) is 2.58. The molecular weight excluding hydrogens is 263 g/mol. The number of aromatic nitrogens is 1. The van der Waals surface area contributed by atoms with Crippen molar-refractivity contribution in [3.8, 4) is 5.75 Å². The minimum atomic E-state index is -0.654. The summed E-state index contributed by atoms with van der Waals surface area (Å²) >= 11 is 0. The Hall–Kier alpha value is -2.76. The third-order valence-electron chi connectivity index (χ3n) is 2.93. The van der Waals surface area contributed by atoms with E-state index in [2.05, 4.69) is 10.3 Å². The summed E-state index contributed by atoms with van der Waals surface area (Å²) in [5.74, 6) is -1.53. The number of benzene rings is 2. The third-order valence-corrected chi connectivity index (χ3v) is 2.93. The first kappa shape index (κ1) is 12.3. The summed E-state index contributed by atoms with van der Waals surface area (Å²) in [5, 5.41) is 12.2. The van der Waals surface area contributed by atoms with Crippen molar-refractivity contribution < 1.29 is 13.9 Å². The normalized spacial score (nSPS) is 10.8. The lowest BCUT2D eigenvalue weighted by Crippen LogP contribution is -1.99. The number of oxazole rings is 1. The smallest absolute Gasteiger partial charge is 0.417 e. The van der Waals surface area contributed by atoms with Gasteiger partial charge in [-0.15, -0.1) is 0 Å². The Morgan fingerprint density at radius 3 is 2.90 bits per heavy atom. The number of aromatic hydroxyl groups is 1. The third kappa shape index (κ3) is 2.35. The summed E-state index contributed by atoms with van der Waals surface area (Å²) in [6, 6.07) is 9.37. The molecule has 0 atom stereocenters. The highest BCUT2D eigenvalue weighted by atomic mass is 19.1.